The molecule has 6 N–H and O–H groups in total. The molecule has 0 atom stereocenters. The number of fused-ring (bicyclic) bond motifs is 3. The van der Waals surface area contributed by atoms with Gasteiger partial charge in [0.15, 0.2) is 0 Å². The summed E-state index contributed by atoms with van der Waals surface area (Å²) in [6.07, 6.45) is 10.0. The maximum atomic E-state index is 11.7. The zero-order valence-electron chi connectivity index (χ0n) is 46.6. The fourth-order valence-electron chi connectivity index (χ4n) is 10.1. The summed E-state index contributed by atoms with van der Waals surface area (Å²) < 4.78 is 5.07. The van der Waals surface area contributed by atoms with Crippen molar-refractivity contribution in [1.82, 2.24) is 44.3 Å². The molecule has 0 saturated carbocycles. The van der Waals surface area contributed by atoms with Gasteiger partial charge in [-0.25, -0.2) is 0 Å². The van der Waals surface area contributed by atoms with E-state index in [9.17, 15) is 30.3 Å². The second kappa shape index (κ2) is 27.9. The van der Waals surface area contributed by atoms with E-state index in [1.807, 2.05) is 120 Å². The quantitative estimate of drug-likeness (QED) is 0.0568. The minimum Gasteiger partial charge on any atom is -0.412 e. The van der Waals surface area contributed by atoms with Gasteiger partial charge in [0.05, 0.1) is 31.3 Å². The van der Waals surface area contributed by atoms with E-state index in [-0.39, 0.29) is 64.8 Å². The Labute approximate surface area is 491 Å². The van der Waals surface area contributed by atoms with Gasteiger partial charge in [-0.2, -0.15) is 15.3 Å². The van der Waals surface area contributed by atoms with Gasteiger partial charge < -0.3 is 16.7 Å². The van der Waals surface area contributed by atoms with Gasteiger partial charge in [-0.05, 0) is 125 Å². The molecule has 0 unspecified atom stereocenters. The van der Waals surface area contributed by atoms with Crippen molar-refractivity contribution in [1.29, 1.82) is 0 Å². The number of benzene rings is 5. The van der Waals surface area contributed by atoms with E-state index in [2.05, 4.69) is 54.5 Å². The molecule has 0 aliphatic heterocycles. The standard InChI is InChI=1S/2C23H22N4O2.C15H15N5O2.2H2O.Pd/c2*1-16-13-19(11-12-24-16)23-20-14-18(10-6-9-17-7-4-3-5-8-17)21(27(28)29)15-22(20)26(2)25-23;1-9-5-10(3-4-17-9)15-12-6-11(8-16)13(20(21)22)7-14(12)19(2)18-15;;;/h2*3-5,7-8,11-15H,6,9-10H2,1-2H3;3-7H,8,16H2,1-2H3;2*1H2;. The monoisotopic (exact) mass is 1210 g/mol. The number of nitrogens with two attached hydrogens (primary N) is 1. The number of nitro benzene ring substituents is 3. The van der Waals surface area contributed by atoms with Crippen molar-refractivity contribution >= 4 is 49.8 Å². The van der Waals surface area contributed by atoms with E-state index in [1.165, 1.54) is 17.2 Å². The average molecular weight is 1210 g/mol. The third-order valence-corrected chi connectivity index (χ3v) is 14.0. The molecule has 0 spiro atoms. The molecular weight excluding hydrogens is 1150 g/mol. The molecule has 0 saturated heterocycles. The molecule has 0 aliphatic carbocycles. The van der Waals surface area contributed by atoms with Crippen LogP contribution in [0.4, 0.5) is 17.1 Å². The topological polar surface area (TPSA) is 311 Å². The van der Waals surface area contributed by atoms with Crippen LogP contribution in [-0.2, 0) is 73.8 Å². The number of rotatable bonds is 15. The Morgan fingerprint density at radius 1 is 0.434 bits per heavy atom. The van der Waals surface area contributed by atoms with Crippen LogP contribution >= 0.6 is 0 Å². The van der Waals surface area contributed by atoms with E-state index >= 15 is 0 Å². The maximum absolute atomic E-state index is 11.7. The normalized spacial score (nSPS) is 10.7. The van der Waals surface area contributed by atoms with Gasteiger partial charge >= 0.3 is 0 Å². The summed E-state index contributed by atoms with van der Waals surface area (Å²) in [4.78, 5) is 46.3. The van der Waals surface area contributed by atoms with Crippen molar-refractivity contribution < 1.29 is 46.1 Å². The van der Waals surface area contributed by atoms with Gasteiger partial charge in [-0.15, -0.1) is 0 Å². The molecule has 6 aromatic heterocycles. The van der Waals surface area contributed by atoms with Crippen LogP contribution in [0.5, 0.6) is 0 Å². The first-order valence-corrected chi connectivity index (χ1v) is 26.1. The second-order valence-electron chi connectivity index (χ2n) is 19.6. The van der Waals surface area contributed by atoms with E-state index < -0.39 is 4.92 Å². The van der Waals surface area contributed by atoms with Crippen molar-refractivity contribution in [3.63, 3.8) is 0 Å². The van der Waals surface area contributed by atoms with Crippen molar-refractivity contribution in [2.24, 2.45) is 26.9 Å². The molecule has 11 aromatic rings. The van der Waals surface area contributed by atoms with Crippen LogP contribution in [0.2, 0.25) is 0 Å². The van der Waals surface area contributed by atoms with Crippen molar-refractivity contribution in [3.05, 3.63) is 227 Å². The number of pyridine rings is 3. The molecule has 0 aliphatic rings. The van der Waals surface area contributed by atoms with Crippen molar-refractivity contribution in [2.45, 2.75) is 65.8 Å². The van der Waals surface area contributed by atoms with E-state index in [4.69, 9.17) is 5.73 Å². The van der Waals surface area contributed by atoms with Crippen molar-refractivity contribution in [2.75, 3.05) is 0 Å². The van der Waals surface area contributed by atoms with Gasteiger partial charge in [-0.1, -0.05) is 60.7 Å². The minimum absolute atomic E-state index is 0. The molecule has 0 fully saturated rings. The molecule has 0 bridgehead atoms. The third-order valence-electron chi connectivity index (χ3n) is 14.0. The third kappa shape index (κ3) is 14.4. The smallest absolute Gasteiger partial charge is 0.276 e. The van der Waals surface area contributed by atoms with Crippen LogP contribution in [0.15, 0.2) is 152 Å². The molecule has 6 heterocycles. The largest absolute Gasteiger partial charge is 0.412 e. The fraction of sp³-hybridized carbons (Fsp3) is 0.213. The summed E-state index contributed by atoms with van der Waals surface area (Å²) in [5.74, 6) is 0. The van der Waals surface area contributed by atoms with Crippen LogP contribution < -0.4 is 5.73 Å². The Bertz CT molecular complexity index is 3900. The summed E-state index contributed by atoms with van der Waals surface area (Å²) in [6, 6.07) is 42.5. The predicted molar refractivity (Wildman–Crippen MR) is 318 cm³/mol. The fourth-order valence-corrected chi connectivity index (χ4v) is 10.1. The first kappa shape index (κ1) is 62.9. The van der Waals surface area contributed by atoms with Crippen LogP contribution in [0.3, 0.4) is 0 Å². The van der Waals surface area contributed by atoms with Crippen LogP contribution in [0.25, 0.3) is 66.5 Å². The summed E-state index contributed by atoms with van der Waals surface area (Å²) in [5.41, 5.74) is 20.7. The molecule has 83 heavy (non-hydrogen) atoms. The first-order valence-electron chi connectivity index (χ1n) is 26.1. The first-order chi connectivity index (χ1) is 38.6. The molecule has 5 aromatic carbocycles. The zero-order valence-corrected chi connectivity index (χ0v) is 48.1. The Hall–Kier alpha value is -9.30. The second-order valence-corrected chi connectivity index (χ2v) is 19.6. The summed E-state index contributed by atoms with van der Waals surface area (Å²) in [7, 11) is 5.41. The number of nitro groups is 3. The molecule has 430 valence electrons. The Morgan fingerprint density at radius 2 is 0.735 bits per heavy atom. The van der Waals surface area contributed by atoms with Crippen LogP contribution in [0.1, 0.15) is 57.7 Å². The Morgan fingerprint density at radius 3 is 1.02 bits per heavy atom. The van der Waals surface area contributed by atoms with Crippen LogP contribution in [-0.4, -0.2) is 70.0 Å². The summed E-state index contributed by atoms with van der Waals surface area (Å²) in [6.45, 7) is 5.89. The summed E-state index contributed by atoms with van der Waals surface area (Å²) >= 11 is 0. The van der Waals surface area contributed by atoms with E-state index in [0.717, 1.165) is 115 Å². The van der Waals surface area contributed by atoms with E-state index in [0.29, 0.717) is 23.9 Å². The molecule has 21 nitrogen and oxygen atoms in total. The minimum atomic E-state index is -0.412. The van der Waals surface area contributed by atoms with Crippen molar-refractivity contribution in [3.8, 4) is 33.8 Å². The number of hydrogen-bond donors (Lipinski definition) is 1. The Kier molecular flexibility index (Phi) is 21.2. The summed E-state index contributed by atoms with van der Waals surface area (Å²) in [5, 5.41) is 51.0. The molecule has 11 rings (SSSR count). The van der Waals surface area contributed by atoms with Gasteiger partial charge in [0, 0.05) is 152 Å². The number of hydrogen-bond acceptors (Lipinski definition) is 13. The number of aromatic nitrogens is 9. The average Bonchev–Trinajstić information content (AvgIpc) is 4.12. The van der Waals surface area contributed by atoms with Gasteiger partial charge in [0.25, 0.3) is 17.1 Å². The molecule has 0 amide bonds. The Balaban J connectivity index is 0.000000198. The van der Waals surface area contributed by atoms with E-state index in [1.54, 1.807) is 57.9 Å². The van der Waals surface area contributed by atoms with Gasteiger partial charge in [0.2, 0.25) is 0 Å². The molecule has 0 radical (unpaired) electrons. The molecule has 22 heteroatoms. The van der Waals surface area contributed by atoms with Gasteiger partial charge in [-0.3, -0.25) is 59.3 Å². The SMILES string of the molecule is Cc1cc(-c2nn(C)c3cc([N+](=O)[O-])c(CCCc4ccccc4)cc23)ccn1.Cc1cc(-c2nn(C)c3cc([N+](=O)[O-])c(CCCc4ccccc4)cc23)ccn1.Cc1cc(-c2nn(C)c3cc([N+](=O)[O-])c(CN)cc23)ccn1.O.O.[Pd]. The number of aryl methyl sites for hydroxylation is 10. The number of nitrogens with zero attached hydrogens (tertiary/aromatic N) is 12. The zero-order chi connectivity index (χ0) is 56.6. The maximum Gasteiger partial charge on any atom is 0.276 e. The molecular formula is C61H63N13O8Pd. The predicted octanol–water partition coefficient (Wildman–Crippen LogP) is 10.7. The van der Waals surface area contributed by atoms with Crippen LogP contribution in [0, 0.1) is 51.1 Å². The van der Waals surface area contributed by atoms with Gasteiger partial charge in [0.1, 0.15) is 17.1 Å².